The van der Waals surface area contributed by atoms with Crippen molar-refractivity contribution in [2.75, 3.05) is 0 Å². The van der Waals surface area contributed by atoms with Crippen molar-refractivity contribution in [1.29, 1.82) is 0 Å². The number of aryl methyl sites for hydroxylation is 1. The Morgan fingerprint density at radius 3 is 2.03 bits per heavy atom. The minimum atomic E-state index is -4.60. The van der Waals surface area contributed by atoms with Crippen LogP contribution in [0.15, 0.2) is 30.1 Å². The minimum absolute atomic E-state index is 0.126. The minimum Gasteiger partial charge on any atom is -0.212 e. The maximum atomic E-state index is 14.9. The van der Waals surface area contributed by atoms with Gasteiger partial charge in [-0.05, 0) is 124 Å². The molecule has 0 aromatic heterocycles. The average molecular weight is 497 g/mol. The highest BCUT2D eigenvalue weighted by molar-refractivity contribution is 5.27. The summed E-state index contributed by atoms with van der Waals surface area (Å²) in [7, 11) is 0. The van der Waals surface area contributed by atoms with Gasteiger partial charge in [-0.25, -0.2) is 8.78 Å². The normalized spacial score (nSPS) is 33.0. The summed E-state index contributed by atoms with van der Waals surface area (Å²) in [5, 5.41) is 0. The molecule has 1 aromatic rings. The predicted octanol–water partition coefficient (Wildman–Crippen LogP) is 10.1. The van der Waals surface area contributed by atoms with Crippen molar-refractivity contribution >= 4 is 0 Å². The van der Waals surface area contributed by atoms with Crippen molar-refractivity contribution in [1.82, 2.24) is 0 Å². The van der Waals surface area contributed by atoms with Gasteiger partial charge in [0.2, 0.25) is 0 Å². The molecule has 3 aliphatic carbocycles. The molecule has 1 aromatic carbocycles. The van der Waals surface area contributed by atoms with E-state index in [9.17, 15) is 22.0 Å². The number of halogens is 5. The first-order valence-electron chi connectivity index (χ1n) is 13.9. The largest absolute Gasteiger partial charge is 0.412 e. The van der Waals surface area contributed by atoms with Crippen molar-refractivity contribution in [3.8, 4) is 0 Å². The summed E-state index contributed by atoms with van der Waals surface area (Å²) in [5.41, 5.74) is 1.86. The van der Waals surface area contributed by atoms with Crippen molar-refractivity contribution in [2.45, 2.75) is 109 Å². The van der Waals surface area contributed by atoms with Crippen LogP contribution in [0.25, 0.3) is 0 Å². The first kappa shape index (κ1) is 26.7. The Morgan fingerprint density at radius 2 is 1.46 bits per heavy atom. The zero-order chi connectivity index (χ0) is 25.0. The fourth-order valence-corrected chi connectivity index (χ4v) is 7.06. The summed E-state index contributed by atoms with van der Waals surface area (Å²) in [4.78, 5) is 0. The molecule has 4 rings (SSSR count). The standard InChI is InChI=1S/C30H41F5/c1-20-2-7-22(8-3-20)23-12-14-24(15-13-23)27-17-16-25(28(31)18-27)9-4-21-5-10-26(11-6-21)29(32)19-30(33,34)35/h16-24,26H,2-15H2,1H3/b29-19-. The molecular weight excluding hydrogens is 455 g/mol. The second kappa shape index (κ2) is 11.8. The van der Waals surface area contributed by atoms with Crippen LogP contribution in [0, 0.1) is 35.4 Å². The fraction of sp³-hybridized carbons (Fsp3) is 0.733. The third-order valence-electron chi connectivity index (χ3n) is 9.41. The van der Waals surface area contributed by atoms with E-state index in [2.05, 4.69) is 13.0 Å². The Labute approximate surface area is 207 Å². The van der Waals surface area contributed by atoms with Crippen molar-refractivity contribution < 1.29 is 22.0 Å². The third kappa shape index (κ3) is 7.55. The number of alkyl halides is 3. The Bertz CT molecular complexity index is 833. The number of allylic oxidation sites excluding steroid dienone is 2. The topological polar surface area (TPSA) is 0 Å². The highest BCUT2D eigenvalue weighted by Crippen LogP contribution is 2.44. The van der Waals surface area contributed by atoms with Crippen LogP contribution in [0.1, 0.15) is 107 Å². The van der Waals surface area contributed by atoms with Gasteiger partial charge in [-0.15, -0.1) is 0 Å². The molecule has 0 saturated heterocycles. The number of hydrogen-bond donors (Lipinski definition) is 0. The molecule has 3 fully saturated rings. The highest BCUT2D eigenvalue weighted by atomic mass is 19.4. The molecule has 0 spiro atoms. The molecule has 0 nitrogen and oxygen atoms in total. The predicted molar refractivity (Wildman–Crippen MR) is 131 cm³/mol. The summed E-state index contributed by atoms with van der Waals surface area (Å²) in [5.74, 6) is 1.64. The molecule has 0 atom stereocenters. The van der Waals surface area contributed by atoms with E-state index in [4.69, 9.17) is 0 Å². The lowest BCUT2D eigenvalue weighted by molar-refractivity contribution is -0.0821. The lowest BCUT2D eigenvalue weighted by Crippen LogP contribution is -2.24. The Balaban J connectivity index is 1.22. The van der Waals surface area contributed by atoms with Gasteiger partial charge in [0.1, 0.15) is 11.6 Å². The maximum Gasteiger partial charge on any atom is 0.412 e. The first-order valence-corrected chi connectivity index (χ1v) is 13.9. The monoisotopic (exact) mass is 496 g/mol. The third-order valence-corrected chi connectivity index (χ3v) is 9.41. The summed E-state index contributed by atoms with van der Waals surface area (Å²) in [6.45, 7) is 2.37. The van der Waals surface area contributed by atoms with Gasteiger partial charge in [-0.3, -0.25) is 0 Å². The van der Waals surface area contributed by atoms with E-state index >= 15 is 0 Å². The van der Waals surface area contributed by atoms with Gasteiger partial charge in [0.05, 0.1) is 6.08 Å². The number of rotatable bonds is 6. The van der Waals surface area contributed by atoms with E-state index in [1.165, 1.54) is 38.5 Å². The molecule has 0 bridgehead atoms. The highest BCUT2D eigenvalue weighted by Gasteiger charge is 2.32. The Kier molecular flexibility index (Phi) is 8.97. The Morgan fingerprint density at radius 1 is 0.857 bits per heavy atom. The van der Waals surface area contributed by atoms with E-state index in [1.807, 2.05) is 6.07 Å². The number of hydrogen-bond acceptors (Lipinski definition) is 0. The molecule has 5 heteroatoms. The van der Waals surface area contributed by atoms with Gasteiger partial charge in [0.25, 0.3) is 0 Å². The zero-order valence-electron chi connectivity index (χ0n) is 21.1. The fourth-order valence-electron chi connectivity index (χ4n) is 7.06. The van der Waals surface area contributed by atoms with E-state index in [0.717, 1.165) is 48.1 Å². The van der Waals surface area contributed by atoms with Crippen molar-refractivity contribution in [3.05, 3.63) is 47.0 Å². The van der Waals surface area contributed by atoms with Gasteiger partial charge in [0.15, 0.2) is 0 Å². The van der Waals surface area contributed by atoms with Gasteiger partial charge < -0.3 is 0 Å². The number of benzene rings is 1. The van der Waals surface area contributed by atoms with Crippen LogP contribution in [-0.2, 0) is 6.42 Å². The second-order valence-corrected chi connectivity index (χ2v) is 11.8. The molecule has 3 aliphatic rings. The molecular formula is C30H41F5. The van der Waals surface area contributed by atoms with Crippen LogP contribution in [-0.4, -0.2) is 6.18 Å². The van der Waals surface area contributed by atoms with Crippen molar-refractivity contribution in [3.63, 3.8) is 0 Å². The molecule has 196 valence electrons. The quantitative estimate of drug-likeness (QED) is 0.344. The summed E-state index contributed by atoms with van der Waals surface area (Å²) < 4.78 is 65.9. The van der Waals surface area contributed by atoms with Crippen LogP contribution in [0.5, 0.6) is 0 Å². The molecule has 0 heterocycles. The molecule has 0 amide bonds. The van der Waals surface area contributed by atoms with Gasteiger partial charge in [-0.1, -0.05) is 31.9 Å². The smallest absolute Gasteiger partial charge is 0.212 e. The average Bonchev–Trinajstić information content (AvgIpc) is 2.83. The lowest BCUT2D eigenvalue weighted by atomic mass is 9.68. The molecule has 3 saturated carbocycles. The van der Waals surface area contributed by atoms with Crippen molar-refractivity contribution in [2.24, 2.45) is 29.6 Å². The molecule has 35 heavy (non-hydrogen) atoms. The summed E-state index contributed by atoms with van der Waals surface area (Å²) in [6, 6.07) is 5.80. The van der Waals surface area contributed by atoms with Crippen LogP contribution in [0.2, 0.25) is 0 Å². The van der Waals surface area contributed by atoms with E-state index in [-0.39, 0.29) is 11.9 Å². The van der Waals surface area contributed by atoms with E-state index in [0.29, 0.717) is 43.9 Å². The Hall–Kier alpha value is -1.39. The van der Waals surface area contributed by atoms with Gasteiger partial charge in [-0.2, -0.15) is 13.2 Å². The molecule has 0 unspecified atom stereocenters. The van der Waals surface area contributed by atoms with Crippen LogP contribution in [0.4, 0.5) is 22.0 Å². The van der Waals surface area contributed by atoms with Gasteiger partial charge >= 0.3 is 6.18 Å². The summed E-state index contributed by atoms with van der Waals surface area (Å²) in [6.07, 6.45) is 9.33. The maximum absolute atomic E-state index is 14.9. The second-order valence-electron chi connectivity index (χ2n) is 11.8. The molecule has 0 aliphatic heterocycles. The van der Waals surface area contributed by atoms with Crippen LogP contribution < -0.4 is 0 Å². The van der Waals surface area contributed by atoms with Crippen LogP contribution in [0.3, 0.4) is 0 Å². The van der Waals surface area contributed by atoms with E-state index in [1.54, 1.807) is 6.07 Å². The summed E-state index contributed by atoms with van der Waals surface area (Å²) >= 11 is 0. The molecule has 0 N–H and O–H groups in total. The van der Waals surface area contributed by atoms with Gasteiger partial charge in [0, 0.05) is 5.92 Å². The SMILES string of the molecule is CC1CCC(C2CCC(c3ccc(CCC4CCC(/C(F)=C/C(F)(F)F)CC4)c(F)c3)CC2)CC1. The lowest BCUT2D eigenvalue weighted by Gasteiger charge is -2.37. The van der Waals surface area contributed by atoms with Crippen LogP contribution >= 0.6 is 0 Å². The molecule has 0 radical (unpaired) electrons. The van der Waals surface area contributed by atoms with E-state index < -0.39 is 17.9 Å². The first-order chi connectivity index (χ1) is 16.7. The zero-order valence-corrected chi connectivity index (χ0v) is 21.1.